The van der Waals surface area contributed by atoms with Crippen LogP contribution < -0.4 is 11.0 Å². The monoisotopic (exact) mass is 345 g/mol. The number of fused-ring (bicyclic) bond motifs is 1. The minimum Gasteiger partial charge on any atom is -0.480 e. The molecule has 7 nitrogen and oxygen atoms in total. The Balaban J connectivity index is 1.84. The number of carboxylic acids is 1. The lowest BCUT2D eigenvalue weighted by Crippen LogP contribution is -2.57. The van der Waals surface area contributed by atoms with E-state index in [2.05, 4.69) is 12.2 Å². The maximum absolute atomic E-state index is 12.5. The lowest BCUT2D eigenvalue weighted by atomic mass is 9.77. The number of carbonyl (C=O) groups is 2. The van der Waals surface area contributed by atoms with Crippen molar-refractivity contribution in [3.8, 4) is 0 Å². The molecule has 0 saturated heterocycles. The van der Waals surface area contributed by atoms with E-state index in [9.17, 15) is 19.5 Å². The lowest BCUT2D eigenvalue weighted by molar-refractivity contribution is -0.149. The predicted molar refractivity (Wildman–Crippen MR) is 93.3 cm³/mol. The van der Waals surface area contributed by atoms with Gasteiger partial charge in [0.05, 0.1) is 11.0 Å². The van der Waals surface area contributed by atoms with E-state index in [1.807, 2.05) is 12.1 Å². The van der Waals surface area contributed by atoms with E-state index in [1.54, 1.807) is 19.2 Å². The molecule has 0 bridgehead atoms. The van der Waals surface area contributed by atoms with E-state index >= 15 is 0 Å². The Labute approximate surface area is 145 Å². The molecule has 1 aromatic carbocycles. The van der Waals surface area contributed by atoms with Gasteiger partial charge in [0.15, 0.2) is 0 Å². The molecule has 1 heterocycles. The molecule has 7 heteroatoms. The SMILES string of the molecule is CC1CCC(NC(=O)Cn2c(=O)n(C)c3ccccc32)(C(=O)O)CC1. The van der Waals surface area contributed by atoms with Crippen LogP contribution in [0.3, 0.4) is 0 Å². The number of para-hydroxylation sites is 2. The third kappa shape index (κ3) is 3.06. The molecule has 1 fully saturated rings. The van der Waals surface area contributed by atoms with E-state index in [4.69, 9.17) is 0 Å². The van der Waals surface area contributed by atoms with Crippen LogP contribution in [-0.4, -0.2) is 31.7 Å². The van der Waals surface area contributed by atoms with Crippen molar-refractivity contribution in [2.45, 2.75) is 44.7 Å². The van der Waals surface area contributed by atoms with Gasteiger partial charge in [0, 0.05) is 7.05 Å². The molecule has 1 aliphatic rings. The Morgan fingerprint density at radius 1 is 1.24 bits per heavy atom. The Kier molecular flexibility index (Phi) is 4.41. The smallest absolute Gasteiger partial charge is 0.329 e. The molecule has 3 rings (SSSR count). The van der Waals surface area contributed by atoms with Gasteiger partial charge in [0.1, 0.15) is 12.1 Å². The van der Waals surface area contributed by atoms with E-state index < -0.39 is 17.4 Å². The number of carboxylic acid groups (broad SMARTS) is 1. The molecule has 0 spiro atoms. The summed E-state index contributed by atoms with van der Waals surface area (Å²) in [4.78, 5) is 36.7. The third-order valence-electron chi connectivity index (χ3n) is 5.27. The first-order valence-electron chi connectivity index (χ1n) is 8.53. The number of amides is 1. The van der Waals surface area contributed by atoms with E-state index in [0.29, 0.717) is 24.3 Å². The molecule has 0 unspecified atom stereocenters. The molecular weight excluding hydrogens is 322 g/mol. The number of carbonyl (C=O) groups excluding carboxylic acids is 1. The summed E-state index contributed by atoms with van der Waals surface area (Å²) in [6.45, 7) is 1.90. The Bertz CT molecular complexity index is 872. The Morgan fingerprint density at radius 3 is 2.44 bits per heavy atom. The summed E-state index contributed by atoms with van der Waals surface area (Å²) >= 11 is 0. The number of hydrogen-bond acceptors (Lipinski definition) is 3. The average molecular weight is 345 g/mol. The number of hydrogen-bond donors (Lipinski definition) is 2. The summed E-state index contributed by atoms with van der Waals surface area (Å²) < 4.78 is 2.86. The van der Waals surface area contributed by atoms with Gasteiger partial charge in [-0.25, -0.2) is 9.59 Å². The van der Waals surface area contributed by atoms with Crippen molar-refractivity contribution in [1.82, 2.24) is 14.5 Å². The standard InChI is InChI=1S/C18H23N3O4/c1-12-7-9-18(10-8-12,16(23)24)19-15(22)11-21-14-6-4-3-5-13(14)20(2)17(21)25/h3-6,12H,7-11H2,1-2H3,(H,19,22)(H,23,24). The van der Waals surface area contributed by atoms with Gasteiger partial charge in [-0.15, -0.1) is 0 Å². The van der Waals surface area contributed by atoms with Crippen molar-refractivity contribution in [3.63, 3.8) is 0 Å². The number of aryl methyl sites for hydroxylation is 1. The van der Waals surface area contributed by atoms with Gasteiger partial charge in [0.25, 0.3) is 0 Å². The molecule has 2 N–H and O–H groups in total. The van der Waals surface area contributed by atoms with Crippen LogP contribution in [-0.2, 0) is 23.2 Å². The molecule has 1 saturated carbocycles. The van der Waals surface area contributed by atoms with Gasteiger partial charge in [-0.2, -0.15) is 0 Å². The second kappa shape index (κ2) is 6.38. The first kappa shape index (κ1) is 17.3. The highest BCUT2D eigenvalue weighted by Crippen LogP contribution is 2.32. The minimum absolute atomic E-state index is 0.190. The fourth-order valence-electron chi connectivity index (χ4n) is 3.61. The lowest BCUT2D eigenvalue weighted by Gasteiger charge is -2.36. The molecule has 134 valence electrons. The zero-order valence-corrected chi connectivity index (χ0v) is 14.5. The zero-order chi connectivity index (χ0) is 18.2. The molecule has 0 radical (unpaired) electrons. The average Bonchev–Trinajstić information content (AvgIpc) is 2.82. The highest BCUT2D eigenvalue weighted by Gasteiger charge is 2.42. The summed E-state index contributed by atoms with van der Waals surface area (Å²) in [5, 5.41) is 12.3. The summed E-state index contributed by atoms with van der Waals surface area (Å²) in [6, 6.07) is 7.22. The van der Waals surface area contributed by atoms with Crippen molar-refractivity contribution >= 4 is 22.9 Å². The van der Waals surface area contributed by atoms with Crippen molar-refractivity contribution < 1.29 is 14.7 Å². The first-order chi connectivity index (χ1) is 11.8. The predicted octanol–water partition coefficient (Wildman–Crippen LogP) is 1.49. The van der Waals surface area contributed by atoms with Gasteiger partial charge in [-0.3, -0.25) is 13.9 Å². The molecular formula is C18H23N3O4. The molecule has 25 heavy (non-hydrogen) atoms. The van der Waals surface area contributed by atoms with Gasteiger partial charge >= 0.3 is 11.7 Å². The van der Waals surface area contributed by atoms with E-state index in [1.165, 1.54) is 9.13 Å². The zero-order valence-electron chi connectivity index (χ0n) is 14.5. The molecule has 2 aromatic rings. The van der Waals surface area contributed by atoms with Crippen LogP contribution in [0.15, 0.2) is 29.1 Å². The number of aliphatic carboxylic acids is 1. The highest BCUT2D eigenvalue weighted by molar-refractivity contribution is 5.88. The summed E-state index contributed by atoms with van der Waals surface area (Å²) in [7, 11) is 1.65. The van der Waals surface area contributed by atoms with Crippen molar-refractivity contribution in [2.75, 3.05) is 0 Å². The largest absolute Gasteiger partial charge is 0.480 e. The van der Waals surface area contributed by atoms with E-state index in [-0.39, 0.29) is 12.2 Å². The maximum atomic E-state index is 12.5. The topological polar surface area (TPSA) is 93.3 Å². The van der Waals surface area contributed by atoms with E-state index in [0.717, 1.165) is 18.4 Å². The number of nitrogens with zero attached hydrogens (tertiary/aromatic N) is 2. The van der Waals surface area contributed by atoms with Crippen molar-refractivity contribution in [2.24, 2.45) is 13.0 Å². The second-order valence-electron chi connectivity index (χ2n) is 7.03. The van der Waals surface area contributed by atoms with Crippen LogP contribution in [0.2, 0.25) is 0 Å². The van der Waals surface area contributed by atoms with Crippen molar-refractivity contribution in [3.05, 3.63) is 34.7 Å². The Morgan fingerprint density at radius 2 is 1.84 bits per heavy atom. The molecule has 1 amide bonds. The molecule has 0 aliphatic heterocycles. The van der Waals surface area contributed by atoms with Crippen LogP contribution in [0.5, 0.6) is 0 Å². The maximum Gasteiger partial charge on any atom is 0.329 e. The minimum atomic E-state index is -1.22. The quantitative estimate of drug-likeness (QED) is 0.878. The van der Waals surface area contributed by atoms with Gasteiger partial charge < -0.3 is 10.4 Å². The fraction of sp³-hybridized carbons (Fsp3) is 0.500. The van der Waals surface area contributed by atoms with Gasteiger partial charge in [-0.05, 0) is 43.7 Å². The number of nitrogens with one attached hydrogen (secondary N) is 1. The van der Waals surface area contributed by atoms with Gasteiger partial charge in [0.2, 0.25) is 5.91 Å². The molecule has 1 aliphatic carbocycles. The Hall–Kier alpha value is -2.57. The highest BCUT2D eigenvalue weighted by atomic mass is 16.4. The molecule has 1 aromatic heterocycles. The van der Waals surface area contributed by atoms with Crippen molar-refractivity contribution in [1.29, 1.82) is 0 Å². The summed E-state index contributed by atoms with van der Waals surface area (Å²) in [5.41, 5.74) is -0.123. The number of imidazole rings is 1. The summed E-state index contributed by atoms with van der Waals surface area (Å²) in [6.07, 6.45) is 2.36. The molecule has 0 atom stereocenters. The van der Waals surface area contributed by atoms with Crippen LogP contribution >= 0.6 is 0 Å². The van der Waals surface area contributed by atoms with Crippen LogP contribution in [0.25, 0.3) is 11.0 Å². The second-order valence-corrected chi connectivity index (χ2v) is 7.03. The number of rotatable bonds is 4. The first-order valence-corrected chi connectivity index (χ1v) is 8.53. The van der Waals surface area contributed by atoms with Crippen LogP contribution in [0.1, 0.15) is 32.6 Å². The number of aromatic nitrogens is 2. The normalized spacial score (nSPS) is 23.5. The van der Waals surface area contributed by atoms with Crippen LogP contribution in [0.4, 0.5) is 0 Å². The van der Waals surface area contributed by atoms with Crippen LogP contribution in [0, 0.1) is 5.92 Å². The number of benzene rings is 1. The third-order valence-corrected chi connectivity index (χ3v) is 5.27. The van der Waals surface area contributed by atoms with Gasteiger partial charge in [-0.1, -0.05) is 19.1 Å². The fourth-order valence-corrected chi connectivity index (χ4v) is 3.61. The summed E-state index contributed by atoms with van der Waals surface area (Å²) in [5.74, 6) is -0.988.